The van der Waals surface area contributed by atoms with Crippen LogP contribution < -0.4 is 20.3 Å². The van der Waals surface area contributed by atoms with Gasteiger partial charge in [0.25, 0.3) is 5.56 Å². The topological polar surface area (TPSA) is 91.7 Å². The maximum absolute atomic E-state index is 13.3. The van der Waals surface area contributed by atoms with Crippen molar-refractivity contribution in [3.05, 3.63) is 40.4 Å². The number of hydrogen-bond acceptors (Lipinski definition) is 6. The molecule has 0 saturated heterocycles. The van der Waals surface area contributed by atoms with Crippen LogP contribution in [0.1, 0.15) is 46.7 Å². The minimum absolute atomic E-state index is 0.107. The van der Waals surface area contributed by atoms with E-state index in [1.165, 1.54) is 4.57 Å². The smallest absolute Gasteiger partial charge is 0.407 e. The molecule has 35 heavy (non-hydrogen) atoms. The highest BCUT2D eigenvalue weighted by molar-refractivity contribution is 6.07. The van der Waals surface area contributed by atoms with Crippen molar-refractivity contribution in [2.24, 2.45) is 13.0 Å². The van der Waals surface area contributed by atoms with E-state index < -0.39 is 18.6 Å². The molecule has 1 aromatic carbocycles. The summed E-state index contributed by atoms with van der Waals surface area (Å²) < 4.78 is 31.4. The first kappa shape index (κ1) is 26.2. The van der Waals surface area contributed by atoms with Crippen LogP contribution in [0.25, 0.3) is 21.7 Å². The molecule has 0 radical (unpaired) electrons. The second-order valence-electron chi connectivity index (χ2n) is 10.0. The van der Waals surface area contributed by atoms with E-state index in [2.05, 4.69) is 10.3 Å². The predicted molar refractivity (Wildman–Crippen MR) is 134 cm³/mol. The van der Waals surface area contributed by atoms with Gasteiger partial charge in [0, 0.05) is 30.1 Å². The van der Waals surface area contributed by atoms with Crippen LogP contribution in [0, 0.1) is 12.8 Å². The van der Waals surface area contributed by atoms with E-state index in [-0.39, 0.29) is 35.6 Å². The normalized spacial score (nSPS) is 12.7. The Morgan fingerprint density at radius 2 is 1.86 bits per heavy atom. The van der Waals surface area contributed by atoms with Gasteiger partial charge in [0.2, 0.25) is 6.86 Å². The van der Waals surface area contributed by atoms with Gasteiger partial charge in [-0.1, -0.05) is 13.8 Å². The van der Waals surface area contributed by atoms with E-state index in [1.807, 2.05) is 13.8 Å². The van der Waals surface area contributed by atoms with Crippen molar-refractivity contribution in [1.29, 1.82) is 0 Å². The lowest BCUT2D eigenvalue weighted by Crippen LogP contribution is -2.42. The highest BCUT2D eigenvalue weighted by Crippen LogP contribution is 2.35. The number of ether oxygens (including phenoxy) is 3. The van der Waals surface area contributed by atoms with Crippen LogP contribution in [0.5, 0.6) is 11.5 Å². The van der Waals surface area contributed by atoms with Crippen molar-refractivity contribution in [2.45, 2.75) is 59.6 Å². The number of carbonyl (C=O) groups excluding carboxylic acids is 1. The second-order valence-corrected chi connectivity index (χ2v) is 10.0. The lowest BCUT2D eigenvalue weighted by molar-refractivity contribution is 0.0479. The lowest BCUT2D eigenvalue weighted by atomic mass is 10.0. The van der Waals surface area contributed by atoms with Gasteiger partial charge in [-0.3, -0.25) is 9.78 Å². The summed E-state index contributed by atoms with van der Waals surface area (Å²) in [4.78, 5) is 29.6. The number of carbonyl (C=O) groups is 1. The summed E-state index contributed by atoms with van der Waals surface area (Å²) in [6.45, 7) is 10.3. The zero-order valence-corrected chi connectivity index (χ0v) is 21.4. The summed E-state index contributed by atoms with van der Waals surface area (Å²) >= 11 is 0. The van der Waals surface area contributed by atoms with Crippen molar-refractivity contribution < 1.29 is 23.4 Å². The summed E-state index contributed by atoms with van der Waals surface area (Å²) in [7, 11) is 1.67. The van der Waals surface area contributed by atoms with E-state index in [4.69, 9.17) is 14.2 Å². The molecular weight excluding hydrogens is 453 g/mol. The van der Waals surface area contributed by atoms with Gasteiger partial charge >= 0.3 is 6.09 Å². The first-order valence-corrected chi connectivity index (χ1v) is 11.6. The lowest BCUT2D eigenvalue weighted by Gasteiger charge is -2.25. The number of aryl methyl sites for hydroxylation is 2. The van der Waals surface area contributed by atoms with Gasteiger partial charge in [0.15, 0.2) is 11.5 Å². The quantitative estimate of drug-likeness (QED) is 0.449. The minimum Gasteiger partial charge on any atom is -0.487 e. The van der Waals surface area contributed by atoms with Gasteiger partial charge in [-0.2, -0.15) is 0 Å². The molecule has 190 valence electrons. The maximum Gasteiger partial charge on any atom is 0.407 e. The Bertz CT molecular complexity index is 1280. The SMILES string of the molecule is Cc1nccc2c1c(=O)n(C)c1cc(OC[C@H](CC(C)C)NC(=O)OC(C)(C)C)c(OCF)cc21. The molecule has 0 spiro atoms. The van der Waals surface area contributed by atoms with Crippen molar-refractivity contribution in [2.75, 3.05) is 13.5 Å². The van der Waals surface area contributed by atoms with Crippen LogP contribution in [0.2, 0.25) is 0 Å². The van der Waals surface area contributed by atoms with Gasteiger partial charge in [-0.05, 0) is 52.2 Å². The number of alkyl halides is 1. The molecule has 0 aliphatic carbocycles. The van der Waals surface area contributed by atoms with Gasteiger partial charge < -0.3 is 24.1 Å². The molecule has 0 unspecified atom stereocenters. The number of aromatic nitrogens is 2. The molecule has 0 saturated carbocycles. The molecule has 2 heterocycles. The van der Waals surface area contributed by atoms with Crippen LogP contribution in [-0.2, 0) is 11.8 Å². The standard InChI is InChI=1S/C26H34FN3O5/c1-15(2)10-17(29-25(32)35-26(4,5)6)13-33-22-12-20-19(11-21(22)34-14-27)18-8-9-28-16(3)23(18)24(31)30(20)7/h8-9,11-12,15,17H,10,13-14H2,1-7H3,(H,29,32)/t17-/m0/s1. The molecule has 0 bridgehead atoms. The molecule has 0 aliphatic heterocycles. The number of amides is 1. The number of benzene rings is 1. The fourth-order valence-electron chi connectivity index (χ4n) is 4.07. The Morgan fingerprint density at radius 1 is 1.17 bits per heavy atom. The van der Waals surface area contributed by atoms with Crippen LogP contribution in [-0.4, -0.2) is 40.8 Å². The molecular formula is C26H34FN3O5. The highest BCUT2D eigenvalue weighted by Gasteiger charge is 2.22. The summed E-state index contributed by atoms with van der Waals surface area (Å²) in [5.74, 6) is 0.755. The number of hydrogen-bond donors (Lipinski definition) is 1. The maximum atomic E-state index is 13.3. The third-order valence-corrected chi connectivity index (χ3v) is 5.50. The summed E-state index contributed by atoms with van der Waals surface area (Å²) in [6, 6.07) is 4.74. The third-order valence-electron chi connectivity index (χ3n) is 5.50. The number of alkyl carbamates (subject to hydrolysis) is 1. The molecule has 0 fully saturated rings. The van der Waals surface area contributed by atoms with E-state index >= 15 is 0 Å². The average molecular weight is 488 g/mol. The van der Waals surface area contributed by atoms with Crippen LogP contribution in [0.4, 0.5) is 9.18 Å². The molecule has 3 aromatic rings. The molecule has 1 amide bonds. The zero-order valence-electron chi connectivity index (χ0n) is 21.4. The van der Waals surface area contributed by atoms with Gasteiger partial charge in [-0.15, -0.1) is 0 Å². The number of rotatable bonds is 8. The highest BCUT2D eigenvalue weighted by atomic mass is 19.1. The number of pyridine rings is 2. The molecule has 2 aromatic heterocycles. The first-order valence-electron chi connectivity index (χ1n) is 11.6. The first-order chi connectivity index (χ1) is 16.4. The molecule has 8 nitrogen and oxygen atoms in total. The summed E-state index contributed by atoms with van der Waals surface area (Å²) in [6.07, 6.45) is 1.74. The molecule has 1 N–H and O–H groups in total. The van der Waals surface area contributed by atoms with Crippen LogP contribution in [0.15, 0.2) is 29.2 Å². The Labute approximate surface area is 204 Å². The summed E-state index contributed by atoms with van der Waals surface area (Å²) in [5.41, 5.74) is 0.403. The van der Waals surface area contributed by atoms with E-state index in [1.54, 1.807) is 59.1 Å². The fraction of sp³-hybridized carbons (Fsp3) is 0.500. The monoisotopic (exact) mass is 487 g/mol. The van der Waals surface area contributed by atoms with Crippen LogP contribution >= 0.6 is 0 Å². The van der Waals surface area contributed by atoms with Crippen molar-refractivity contribution in [3.8, 4) is 11.5 Å². The van der Waals surface area contributed by atoms with Crippen LogP contribution in [0.3, 0.4) is 0 Å². The third kappa shape index (κ3) is 6.21. The minimum atomic E-state index is -1.04. The Balaban J connectivity index is 1.99. The second kappa shape index (κ2) is 10.5. The molecule has 3 rings (SSSR count). The zero-order chi connectivity index (χ0) is 25.9. The number of nitrogens with one attached hydrogen (secondary N) is 1. The molecule has 0 aliphatic rings. The van der Waals surface area contributed by atoms with E-state index in [0.29, 0.717) is 33.8 Å². The Kier molecular flexibility index (Phi) is 7.87. The summed E-state index contributed by atoms with van der Waals surface area (Å²) in [5, 5.41) is 4.77. The number of fused-ring (bicyclic) bond motifs is 3. The van der Waals surface area contributed by atoms with Crippen molar-refractivity contribution in [1.82, 2.24) is 14.9 Å². The molecule has 9 heteroatoms. The Morgan fingerprint density at radius 3 is 2.49 bits per heavy atom. The number of nitrogens with zero attached hydrogens (tertiary/aromatic N) is 2. The van der Waals surface area contributed by atoms with Gasteiger partial charge in [0.05, 0.1) is 22.6 Å². The fourth-order valence-corrected chi connectivity index (χ4v) is 4.07. The van der Waals surface area contributed by atoms with E-state index in [9.17, 15) is 14.0 Å². The van der Waals surface area contributed by atoms with E-state index in [0.717, 1.165) is 0 Å². The van der Waals surface area contributed by atoms with Gasteiger partial charge in [0.1, 0.15) is 12.2 Å². The Hall–Kier alpha value is -3.36. The predicted octanol–water partition coefficient (Wildman–Crippen LogP) is 5.02. The van der Waals surface area contributed by atoms with Crippen molar-refractivity contribution >= 4 is 27.8 Å². The average Bonchev–Trinajstić information content (AvgIpc) is 2.74. The van der Waals surface area contributed by atoms with Crippen molar-refractivity contribution in [3.63, 3.8) is 0 Å². The largest absolute Gasteiger partial charge is 0.487 e. The van der Waals surface area contributed by atoms with Gasteiger partial charge in [-0.25, -0.2) is 9.18 Å². The molecule has 1 atom stereocenters. The number of halogens is 1.